The molecule has 21 heavy (non-hydrogen) atoms. The van der Waals surface area contributed by atoms with Crippen molar-refractivity contribution in [3.63, 3.8) is 0 Å². The highest BCUT2D eigenvalue weighted by atomic mass is 32.1. The van der Waals surface area contributed by atoms with E-state index in [0.29, 0.717) is 6.54 Å². The second kappa shape index (κ2) is 6.26. The van der Waals surface area contributed by atoms with Gasteiger partial charge in [-0.05, 0) is 36.8 Å². The zero-order chi connectivity index (χ0) is 15.6. The van der Waals surface area contributed by atoms with Gasteiger partial charge in [-0.1, -0.05) is 0 Å². The molecule has 114 valence electrons. The van der Waals surface area contributed by atoms with E-state index in [-0.39, 0.29) is 24.9 Å². The Kier molecular flexibility index (Phi) is 4.62. The van der Waals surface area contributed by atoms with Crippen LogP contribution in [0.5, 0.6) is 0 Å². The van der Waals surface area contributed by atoms with Crippen molar-refractivity contribution in [2.24, 2.45) is 0 Å². The maximum atomic E-state index is 11.8. The molecule has 7 heteroatoms. The number of thiophene rings is 1. The van der Waals surface area contributed by atoms with Gasteiger partial charge in [0.25, 0.3) is 5.91 Å². The summed E-state index contributed by atoms with van der Waals surface area (Å²) in [6, 6.07) is -0.417. The molecule has 0 saturated carbocycles. The smallest absolute Gasteiger partial charge is 0.327 e. The molecule has 1 aromatic rings. The minimum Gasteiger partial charge on any atom is -0.354 e. The number of nitrogens with zero attached hydrogens (tertiary/aromatic N) is 2. The van der Waals surface area contributed by atoms with Gasteiger partial charge in [0.1, 0.15) is 13.1 Å². The number of aryl methyl sites for hydroxylation is 1. The van der Waals surface area contributed by atoms with Gasteiger partial charge in [0.05, 0.1) is 0 Å². The van der Waals surface area contributed by atoms with Crippen molar-refractivity contribution in [1.82, 2.24) is 15.1 Å². The highest BCUT2D eigenvalue weighted by Crippen LogP contribution is 2.20. The Bertz CT molecular complexity index is 582. The number of hydrogen-bond acceptors (Lipinski definition) is 4. The van der Waals surface area contributed by atoms with Gasteiger partial charge in [-0.25, -0.2) is 4.79 Å². The molecular formula is C14H19N3O3S. The quantitative estimate of drug-likeness (QED) is 0.822. The van der Waals surface area contributed by atoms with Gasteiger partial charge in [-0.3, -0.25) is 14.5 Å². The fourth-order valence-corrected chi connectivity index (χ4v) is 3.09. The van der Waals surface area contributed by atoms with Crippen LogP contribution < -0.4 is 5.32 Å². The van der Waals surface area contributed by atoms with E-state index in [1.807, 2.05) is 0 Å². The number of hydrogen-bond donors (Lipinski definition) is 1. The zero-order valence-electron chi connectivity index (χ0n) is 12.4. The minimum absolute atomic E-state index is 0.0412. The fourth-order valence-electron chi connectivity index (χ4n) is 2.17. The van der Waals surface area contributed by atoms with Crippen LogP contribution >= 0.6 is 11.3 Å². The van der Waals surface area contributed by atoms with Crippen molar-refractivity contribution >= 4 is 29.2 Å². The second-order valence-corrected chi connectivity index (χ2v) is 6.24. The Morgan fingerprint density at radius 1 is 1.38 bits per heavy atom. The lowest BCUT2D eigenvalue weighted by Gasteiger charge is -2.13. The normalized spacial score (nSPS) is 15.0. The highest BCUT2D eigenvalue weighted by molar-refractivity contribution is 7.10. The van der Waals surface area contributed by atoms with Crippen molar-refractivity contribution in [3.05, 3.63) is 21.4 Å². The molecule has 0 bridgehead atoms. The van der Waals surface area contributed by atoms with Crippen LogP contribution in [0.15, 0.2) is 5.38 Å². The van der Waals surface area contributed by atoms with Crippen molar-refractivity contribution in [3.8, 4) is 0 Å². The summed E-state index contributed by atoms with van der Waals surface area (Å²) in [6.45, 7) is 4.48. The van der Waals surface area contributed by atoms with Crippen LogP contribution in [0.25, 0.3) is 0 Å². The molecule has 0 atom stereocenters. The minimum atomic E-state index is -0.417. The Labute approximate surface area is 127 Å². The van der Waals surface area contributed by atoms with E-state index in [1.54, 1.807) is 18.4 Å². The van der Waals surface area contributed by atoms with Gasteiger partial charge in [0, 0.05) is 18.5 Å². The van der Waals surface area contributed by atoms with E-state index in [0.717, 1.165) is 11.3 Å². The summed E-state index contributed by atoms with van der Waals surface area (Å²) in [4.78, 5) is 38.6. The highest BCUT2D eigenvalue weighted by Gasteiger charge is 2.34. The molecular weight excluding hydrogens is 290 g/mol. The number of rotatable bonds is 5. The van der Waals surface area contributed by atoms with Gasteiger partial charge in [0.15, 0.2) is 0 Å². The van der Waals surface area contributed by atoms with Crippen molar-refractivity contribution < 1.29 is 14.4 Å². The van der Waals surface area contributed by atoms with Crippen LogP contribution in [0, 0.1) is 13.8 Å². The van der Waals surface area contributed by atoms with Crippen LogP contribution in [-0.2, 0) is 16.0 Å². The summed E-state index contributed by atoms with van der Waals surface area (Å²) in [5.74, 6) is -0.640. The maximum Gasteiger partial charge on any atom is 0.327 e. The summed E-state index contributed by atoms with van der Waals surface area (Å²) in [5.41, 5.74) is 2.49. The van der Waals surface area contributed by atoms with Gasteiger partial charge < -0.3 is 10.2 Å². The number of carbonyl (C=O) groups is 3. The number of imide groups is 1. The second-order valence-electron chi connectivity index (χ2n) is 5.16. The lowest BCUT2D eigenvalue weighted by atomic mass is 10.1. The predicted octanol–water partition coefficient (Wildman–Crippen LogP) is 0.918. The molecule has 0 aliphatic carbocycles. The van der Waals surface area contributed by atoms with Gasteiger partial charge in [0.2, 0.25) is 5.91 Å². The van der Waals surface area contributed by atoms with E-state index >= 15 is 0 Å². The van der Waals surface area contributed by atoms with E-state index in [1.165, 1.54) is 20.9 Å². The predicted molar refractivity (Wildman–Crippen MR) is 80.2 cm³/mol. The summed E-state index contributed by atoms with van der Waals surface area (Å²) in [5, 5.41) is 4.85. The first kappa shape index (κ1) is 15.5. The van der Waals surface area contributed by atoms with E-state index < -0.39 is 6.03 Å². The average molecular weight is 309 g/mol. The van der Waals surface area contributed by atoms with Crippen LogP contribution in [0.1, 0.15) is 16.0 Å². The molecule has 1 aliphatic rings. The van der Waals surface area contributed by atoms with Crippen LogP contribution in [-0.4, -0.2) is 54.3 Å². The molecule has 6 nitrogen and oxygen atoms in total. The standard InChI is InChI=1S/C14H19N3O3S/c1-9-10(2)21-8-11(9)4-5-15-12(18)6-17-13(19)7-16(3)14(17)20/h8H,4-7H2,1-3H3,(H,15,18). The molecule has 2 heterocycles. The van der Waals surface area contributed by atoms with Crippen molar-refractivity contribution in [2.45, 2.75) is 20.3 Å². The number of carbonyl (C=O) groups excluding carboxylic acids is 3. The first-order chi connectivity index (χ1) is 9.90. The Balaban J connectivity index is 1.79. The largest absolute Gasteiger partial charge is 0.354 e. The maximum absolute atomic E-state index is 11.8. The molecule has 1 aliphatic heterocycles. The van der Waals surface area contributed by atoms with Crippen LogP contribution in [0.3, 0.4) is 0 Å². The Morgan fingerprint density at radius 2 is 2.10 bits per heavy atom. The van der Waals surface area contributed by atoms with Crippen molar-refractivity contribution in [1.29, 1.82) is 0 Å². The number of likely N-dealkylation sites (N-methyl/N-ethyl adjacent to an activating group) is 1. The van der Waals surface area contributed by atoms with E-state index in [2.05, 4.69) is 24.5 Å². The third-order valence-corrected chi connectivity index (χ3v) is 4.70. The molecule has 1 aromatic heterocycles. The average Bonchev–Trinajstić information content (AvgIpc) is 2.86. The monoisotopic (exact) mass is 309 g/mol. The molecule has 1 saturated heterocycles. The number of urea groups is 1. The van der Waals surface area contributed by atoms with E-state index in [4.69, 9.17) is 0 Å². The topological polar surface area (TPSA) is 69.7 Å². The molecule has 1 fully saturated rings. The molecule has 0 spiro atoms. The Hall–Kier alpha value is -1.89. The molecule has 1 N–H and O–H groups in total. The molecule has 4 amide bonds. The van der Waals surface area contributed by atoms with Crippen molar-refractivity contribution in [2.75, 3.05) is 26.7 Å². The molecule has 2 rings (SSSR count). The van der Waals surface area contributed by atoms with Gasteiger partial charge in [-0.2, -0.15) is 0 Å². The summed E-state index contributed by atoms with van der Waals surface area (Å²) < 4.78 is 0. The number of nitrogens with one attached hydrogen (secondary N) is 1. The van der Waals surface area contributed by atoms with Gasteiger partial charge in [-0.15, -0.1) is 11.3 Å². The first-order valence-electron chi connectivity index (χ1n) is 6.76. The SMILES string of the molecule is Cc1scc(CCNC(=O)CN2C(=O)CN(C)C2=O)c1C. The van der Waals surface area contributed by atoms with E-state index in [9.17, 15) is 14.4 Å². The lowest BCUT2D eigenvalue weighted by Crippen LogP contribution is -2.41. The third-order valence-electron chi connectivity index (χ3n) is 3.64. The van der Waals surface area contributed by atoms with Crippen LogP contribution in [0.4, 0.5) is 4.79 Å². The number of amides is 4. The molecule has 0 unspecified atom stereocenters. The Morgan fingerprint density at radius 3 is 2.62 bits per heavy atom. The molecule has 0 aromatic carbocycles. The summed E-state index contributed by atoms with van der Waals surface area (Å²) in [6.07, 6.45) is 0.754. The van der Waals surface area contributed by atoms with Crippen LogP contribution in [0.2, 0.25) is 0 Å². The summed E-state index contributed by atoms with van der Waals surface area (Å²) >= 11 is 1.70. The first-order valence-corrected chi connectivity index (χ1v) is 7.64. The zero-order valence-corrected chi connectivity index (χ0v) is 13.2. The molecule has 0 radical (unpaired) electrons. The van der Waals surface area contributed by atoms with Gasteiger partial charge >= 0.3 is 6.03 Å². The lowest BCUT2D eigenvalue weighted by molar-refractivity contribution is -0.130. The fraction of sp³-hybridized carbons (Fsp3) is 0.500. The third kappa shape index (κ3) is 3.41. The summed E-state index contributed by atoms with van der Waals surface area (Å²) in [7, 11) is 1.54.